The zero-order chi connectivity index (χ0) is 15.9. The summed E-state index contributed by atoms with van der Waals surface area (Å²) in [5, 5.41) is 2.89. The van der Waals surface area contributed by atoms with E-state index >= 15 is 0 Å². The van der Waals surface area contributed by atoms with Gasteiger partial charge < -0.3 is 15.1 Å². The van der Waals surface area contributed by atoms with Gasteiger partial charge in [0.1, 0.15) is 0 Å². The molecule has 0 radical (unpaired) electrons. The van der Waals surface area contributed by atoms with Gasteiger partial charge in [-0.2, -0.15) is 0 Å². The third kappa shape index (κ3) is 4.23. The van der Waals surface area contributed by atoms with Crippen LogP contribution in [0.5, 0.6) is 0 Å². The molecule has 1 aromatic rings. The normalized spacial score (nSPS) is 14.8. The van der Waals surface area contributed by atoms with Gasteiger partial charge in [0.25, 0.3) is 0 Å². The second-order valence-corrected chi connectivity index (χ2v) is 5.57. The first-order valence-electron chi connectivity index (χ1n) is 8.06. The van der Waals surface area contributed by atoms with Gasteiger partial charge in [0.05, 0.1) is 0 Å². The fraction of sp³-hybridized carbons (Fsp3) is 0.529. The Hall–Kier alpha value is -2.04. The predicted octanol–water partition coefficient (Wildman–Crippen LogP) is 2.48. The minimum absolute atomic E-state index is 0.0574. The topological polar surface area (TPSA) is 52.7 Å². The first-order chi connectivity index (χ1) is 10.6. The van der Waals surface area contributed by atoms with Crippen LogP contribution in [-0.2, 0) is 9.59 Å². The molecule has 0 atom stereocenters. The van der Waals surface area contributed by atoms with Crippen LogP contribution in [0.1, 0.15) is 33.1 Å². The van der Waals surface area contributed by atoms with Gasteiger partial charge in [-0.1, -0.05) is 13.8 Å². The number of carbonyl (C=O) groups excluding carboxylic acids is 2. The number of rotatable bonds is 5. The lowest BCUT2D eigenvalue weighted by Crippen LogP contribution is -2.48. The molecule has 22 heavy (non-hydrogen) atoms. The molecule has 0 spiro atoms. The summed E-state index contributed by atoms with van der Waals surface area (Å²) in [7, 11) is 0. The molecule has 1 aromatic carbocycles. The van der Waals surface area contributed by atoms with Crippen LogP contribution in [0.4, 0.5) is 11.4 Å². The molecule has 0 unspecified atom stereocenters. The summed E-state index contributed by atoms with van der Waals surface area (Å²) in [5.74, 6) is 0.288. The zero-order valence-corrected chi connectivity index (χ0v) is 13.5. The average Bonchev–Trinajstić information content (AvgIpc) is 2.55. The fourth-order valence-corrected chi connectivity index (χ4v) is 2.64. The molecule has 0 saturated carbocycles. The molecule has 1 aliphatic rings. The van der Waals surface area contributed by atoms with Crippen LogP contribution >= 0.6 is 0 Å². The predicted molar refractivity (Wildman–Crippen MR) is 89.1 cm³/mol. The summed E-state index contributed by atoms with van der Waals surface area (Å²) in [6.45, 7) is 7.16. The highest BCUT2D eigenvalue weighted by Gasteiger charge is 2.19. The van der Waals surface area contributed by atoms with E-state index in [1.165, 1.54) is 0 Å². The molecule has 5 nitrogen and oxygen atoms in total. The number of hydrogen-bond donors (Lipinski definition) is 1. The molecule has 0 bridgehead atoms. The van der Waals surface area contributed by atoms with Gasteiger partial charge in [-0.25, -0.2) is 0 Å². The number of hydrogen-bond acceptors (Lipinski definition) is 3. The molecule has 1 fully saturated rings. The Morgan fingerprint density at radius 1 is 1.05 bits per heavy atom. The van der Waals surface area contributed by atoms with Crippen molar-refractivity contribution in [3.63, 3.8) is 0 Å². The molecular formula is C17H25N3O2. The van der Waals surface area contributed by atoms with Crippen LogP contribution in [0, 0.1) is 0 Å². The van der Waals surface area contributed by atoms with Gasteiger partial charge in [0.2, 0.25) is 11.8 Å². The summed E-state index contributed by atoms with van der Waals surface area (Å²) >= 11 is 0. The van der Waals surface area contributed by atoms with Crippen LogP contribution in [0.3, 0.4) is 0 Å². The van der Waals surface area contributed by atoms with Gasteiger partial charge in [0.15, 0.2) is 0 Å². The van der Waals surface area contributed by atoms with Crippen molar-refractivity contribution in [3.05, 3.63) is 24.3 Å². The SMILES string of the molecule is CCCC(=O)Nc1ccc(N2CCN(C(=O)CC)CC2)cc1. The summed E-state index contributed by atoms with van der Waals surface area (Å²) in [5.41, 5.74) is 1.97. The molecule has 120 valence electrons. The van der Waals surface area contributed by atoms with Gasteiger partial charge in [-0.15, -0.1) is 0 Å². The zero-order valence-electron chi connectivity index (χ0n) is 13.5. The standard InChI is InChI=1S/C17H25N3O2/c1-3-5-16(21)18-14-6-8-15(9-7-14)19-10-12-20(13-11-19)17(22)4-2/h6-9H,3-5,10-13H2,1-2H3,(H,18,21). The third-order valence-corrected chi connectivity index (χ3v) is 3.93. The van der Waals surface area contributed by atoms with Crippen molar-refractivity contribution in [2.24, 2.45) is 0 Å². The minimum Gasteiger partial charge on any atom is -0.368 e. The van der Waals surface area contributed by atoms with E-state index in [9.17, 15) is 9.59 Å². The molecule has 2 amide bonds. The molecule has 0 aliphatic carbocycles. The number of piperazine rings is 1. The van der Waals surface area contributed by atoms with E-state index in [1.54, 1.807) is 0 Å². The molecule has 0 aromatic heterocycles. The van der Waals surface area contributed by atoms with E-state index in [0.29, 0.717) is 12.8 Å². The lowest BCUT2D eigenvalue weighted by Gasteiger charge is -2.36. The Bertz CT molecular complexity index is 505. The molecule has 5 heteroatoms. The van der Waals surface area contributed by atoms with Crippen LogP contribution in [0.15, 0.2) is 24.3 Å². The maximum absolute atomic E-state index is 11.7. The molecule has 1 saturated heterocycles. The third-order valence-electron chi connectivity index (χ3n) is 3.93. The summed E-state index contributed by atoms with van der Waals surface area (Å²) in [6.07, 6.45) is 1.98. The van der Waals surface area contributed by atoms with Gasteiger partial charge in [-0.05, 0) is 30.7 Å². The van der Waals surface area contributed by atoms with Crippen molar-refractivity contribution in [1.29, 1.82) is 0 Å². The molecule has 1 heterocycles. The van der Waals surface area contributed by atoms with Crippen molar-refractivity contribution in [2.75, 3.05) is 36.4 Å². The fourth-order valence-electron chi connectivity index (χ4n) is 2.64. The van der Waals surface area contributed by atoms with E-state index in [0.717, 1.165) is 44.0 Å². The Morgan fingerprint density at radius 3 is 2.23 bits per heavy atom. The first kappa shape index (κ1) is 16.3. The van der Waals surface area contributed by atoms with Crippen molar-refractivity contribution < 1.29 is 9.59 Å². The number of nitrogens with zero attached hydrogens (tertiary/aromatic N) is 2. The monoisotopic (exact) mass is 303 g/mol. The summed E-state index contributed by atoms with van der Waals surface area (Å²) < 4.78 is 0. The van der Waals surface area contributed by atoms with Crippen LogP contribution in [0.25, 0.3) is 0 Å². The maximum Gasteiger partial charge on any atom is 0.224 e. The van der Waals surface area contributed by atoms with Crippen molar-refractivity contribution >= 4 is 23.2 Å². The van der Waals surface area contributed by atoms with Crippen LogP contribution in [-0.4, -0.2) is 42.9 Å². The van der Waals surface area contributed by atoms with E-state index in [2.05, 4.69) is 10.2 Å². The lowest BCUT2D eigenvalue weighted by molar-refractivity contribution is -0.131. The Balaban J connectivity index is 1.89. The second kappa shape index (κ2) is 7.82. The van der Waals surface area contributed by atoms with E-state index in [-0.39, 0.29) is 11.8 Å². The lowest BCUT2D eigenvalue weighted by atomic mass is 10.2. The Kier molecular flexibility index (Phi) is 5.81. The Morgan fingerprint density at radius 2 is 1.68 bits per heavy atom. The number of carbonyl (C=O) groups is 2. The van der Waals surface area contributed by atoms with Gasteiger partial charge in [0, 0.05) is 50.4 Å². The molecule has 2 rings (SSSR count). The maximum atomic E-state index is 11.7. The Labute approximate surface area is 132 Å². The number of benzene rings is 1. The van der Waals surface area contributed by atoms with Gasteiger partial charge >= 0.3 is 0 Å². The van der Waals surface area contributed by atoms with Crippen LogP contribution in [0.2, 0.25) is 0 Å². The number of nitrogens with one attached hydrogen (secondary N) is 1. The van der Waals surface area contributed by atoms with E-state index < -0.39 is 0 Å². The highest BCUT2D eigenvalue weighted by molar-refractivity contribution is 5.90. The molecule has 1 aliphatic heterocycles. The minimum atomic E-state index is 0.0574. The van der Waals surface area contributed by atoms with E-state index in [1.807, 2.05) is 43.0 Å². The van der Waals surface area contributed by atoms with Crippen LogP contribution < -0.4 is 10.2 Å². The highest BCUT2D eigenvalue weighted by Crippen LogP contribution is 2.20. The largest absolute Gasteiger partial charge is 0.368 e. The van der Waals surface area contributed by atoms with Crippen molar-refractivity contribution in [2.45, 2.75) is 33.1 Å². The van der Waals surface area contributed by atoms with Crippen molar-refractivity contribution in [3.8, 4) is 0 Å². The molecule has 1 N–H and O–H groups in total. The smallest absolute Gasteiger partial charge is 0.224 e. The van der Waals surface area contributed by atoms with Crippen molar-refractivity contribution in [1.82, 2.24) is 4.90 Å². The molecular weight excluding hydrogens is 278 g/mol. The van der Waals surface area contributed by atoms with E-state index in [4.69, 9.17) is 0 Å². The summed E-state index contributed by atoms with van der Waals surface area (Å²) in [6, 6.07) is 7.93. The number of anilines is 2. The van der Waals surface area contributed by atoms with Gasteiger partial charge in [-0.3, -0.25) is 9.59 Å². The second-order valence-electron chi connectivity index (χ2n) is 5.57. The summed E-state index contributed by atoms with van der Waals surface area (Å²) in [4.78, 5) is 27.4. The first-order valence-corrected chi connectivity index (χ1v) is 8.06. The highest BCUT2D eigenvalue weighted by atomic mass is 16.2. The quantitative estimate of drug-likeness (QED) is 0.909. The number of amides is 2. The average molecular weight is 303 g/mol.